The number of anilines is 2. The average Bonchev–Trinajstić information content (AvgIpc) is 3.47. The summed E-state index contributed by atoms with van der Waals surface area (Å²) in [5, 5.41) is 27.2. The van der Waals surface area contributed by atoms with Gasteiger partial charge in [-0.15, -0.1) is 21.1 Å². The van der Waals surface area contributed by atoms with Crippen LogP contribution in [0.25, 0.3) is 0 Å². The minimum absolute atomic E-state index is 0.00986. The van der Waals surface area contributed by atoms with E-state index in [4.69, 9.17) is 10.6 Å². The highest BCUT2D eigenvalue weighted by atomic mass is 32.2. The number of thioether (sulfide) groups is 1. The summed E-state index contributed by atoms with van der Waals surface area (Å²) in [5.41, 5.74) is 3.55. The molecule has 17 nitrogen and oxygen atoms in total. The maximum absolute atomic E-state index is 13.1. The van der Waals surface area contributed by atoms with Crippen molar-refractivity contribution in [3.63, 3.8) is 0 Å². The van der Waals surface area contributed by atoms with Gasteiger partial charge < -0.3 is 31.4 Å². The van der Waals surface area contributed by atoms with Gasteiger partial charge >= 0.3 is 11.9 Å². The van der Waals surface area contributed by atoms with Crippen molar-refractivity contribution in [2.24, 2.45) is 12.2 Å². The van der Waals surface area contributed by atoms with Crippen molar-refractivity contribution in [3.05, 3.63) is 29.4 Å². The molecule has 0 aromatic carbocycles. The number of fused-ring (bicyclic) bond motifs is 1. The second-order valence-electron chi connectivity index (χ2n) is 9.01. The van der Waals surface area contributed by atoms with E-state index in [0.717, 1.165) is 16.4 Å². The number of nitrogens with one attached hydrogen (secondary N) is 2. The van der Waals surface area contributed by atoms with Crippen LogP contribution in [0.5, 0.6) is 0 Å². The number of nitrogens with two attached hydrogens (primary N) is 1. The largest absolute Gasteiger partial charge is 0.478 e. The van der Waals surface area contributed by atoms with Gasteiger partial charge in [-0.2, -0.15) is 9.36 Å². The first-order valence-corrected chi connectivity index (χ1v) is 13.2. The van der Waals surface area contributed by atoms with Crippen molar-refractivity contribution in [1.82, 2.24) is 24.3 Å². The molecule has 0 spiro atoms. The predicted octanol–water partition coefficient (Wildman–Crippen LogP) is -1.66. The zero-order valence-corrected chi connectivity index (χ0v) is 22.9. The maximum Gasteiger partial charge on any atom is 0.352 e. The van der Waals surface area contributed by atoms with Crippen LogP contribution in [0, 0.1) is 0 Å². The SMILES string of the molecule is Cn1c(NC=O)cc[n+]1CC1=C(C(=O)O)N2C(=O)[C@@H](NC(=O)C(=NOC(C)(C)C(=O)O)c3nsc(N)n3)[C@H]2SC1. The van der Waals surface area contributed by atoms with Crippen LogP contribution in [0.3, 0.4) is 0 Å². The third kappa shape index (κ3) is 5.32. The number of carboxylic acids is 2. The van der Waals surface area contributed by atoms with Crippen molar-refractivity contribution in [2.75, 3.05) is 16.8 Å². The zero-order valence-electron chi connectivity index (χ0n) is 21.2. The number of β-lactam (4-membered cyclic amide) rings is 1. The molecule has 1 saturated heterocycles. The standard InChI is InChI=1S/C21H23N9O8S2/c1-21(2,19(36)37)38-26-11(14-25-20(22)40-27-14)15(32)24-12-16(33)30-13(18(34)35)9(7-39-17(12)30)6-29-5-4-10(23-8-31)28(29)3/h4-5,8,12,17H,6-7H2,1-3H3,(H5,22,24,25,27,32,34,35,36,37)/p+1/t12-,17-/m1/s1. The minimum Gasteiger partial charge on any atom is -0.478 e. The number of hydrogen-bond acceptors (Lipinski definition) is 12. The molecule has 212 valence electrons. The Morgan fingerprint density at radius 2 is 2.10 bits per heavy atom. The lowest BCUT2D eigenvalue weighted by Gasteiger charge is -2.49. The second kappa shape index (κ2) is 10.9. The fourth-order valence-electron chi connectivity index (χ4n) is 3.79. The molecule has 19 heteroatoms. The third-order valence-corrected chi connectivity index (χ3v) is 7.87. The first-order chi connectivity index (χ1) is 18.9. The summed E-state index contributed by atoms with van der Waals surface area (Å²) in [4.78, 5) is 70.7. The molecular weight excluding hydrogens is 570 g/mol. The Balaban J connectivity index is 1.55. The normalized spacial score (nSPS) is 19.0. The number of aliphatic carboxylic acids is 2. The fourth-order valence-corrected chi connectivity index (χ4v) is 5.56. The number of aromatic nitrogens is 4. The summed E-state index contributed by atoms with van der Waals surface area (Å²) < 4.78 is 7.20. The van der Waals surface area contributed by atoms with Gasteiger partial charge in [-0.25, -0.2) is 9.59 Å². The highest BCUT2D eigenvalue weighted by Crippen LogP contribution is 2.40. The van der Waals surface area contributed by atoms with Gasteiger partial charge in [0, 0.05) is 22.9 Å². The number of rotatable bonds is 11. The van der Waals surface area contributed by atoms with E-state index in [0.29, 0.717) is 17.8 Å². The zero-order chi connectivity index (χ0) is 29.4. The van der Waals surface area contributed by atoms with Crippen molar-refractivity contribution >= 4 is 70.1 Å². The van der Waals surface area contributed by atoms with E-state index in [2.05, 4.69) is 25.1 Å². The van der Waals surface area contributed by atoms with Gasteiger partial charge in [0.25, 0.3) is 11.8 Å². The molecule has 2 aliphatic rings. The highest BCUT2D eigenvalue weighted by molar-refractivity contribution is 8.00. The van der Waals surface area contributed by atoms with Crippen LogP contribution in [0.1, 0.15) is 19.7 Å². The van der Waals surface area contributed by atoms with Crippen LogP contribution in [0.15, 0.2) is 28.7 Å². The number of carbonyl (C=O) groups is 5. The van der Waals surface area contributed by atoms with E-state index < -0.39 is 46.5 Å². The van der Waals surface area contributed by atoms with E-state index in [1.54, 1.807) is 28.7 Å². The van der Waals surface area contributed by atoms with Crippen molar-refractivity contribution in [1.29, 1.82) is 0 Å². The smallest absolute Gasteiger partial charge is 0.352 e. The molecule has 4 heterocycles. The first kappa shape index (κ1) is 28.5. The quantitative estimate of drug-likeness (QED) is 0.0646. The molecule has 6 N–H and O–H groups in total. The molecule has 0 unspecified atom stereocenters. The Labute approximate surface area is 233 Å². The number of carbonyl (C=O) groups excluding carboxylic acids is 3. The fraction of sp³-hybridized carbons (Fsp3) is 0.381. The van der Waals surface area contributed by atoms with E-state index in [1.807, 2.05) is 0 Å². The molecule has 2 aliphatic heterocycles. The molecule has 0 saturated carbocycles. The molecule has 2 aromatic heterocycles. The number of nitrogen functional groups attached to an aromatic ring is 1. The van der Waals surface area contributed by atoms with Crippen LogP contribution in [-0.4, -0.2) is 87.8 Å². The molecule has 0 radical (unpaired) electrons. The first-order valence-electron chi connectivity index (χ1n) is 11.4. The molecule has 3 amide bonds. The van der Waals surface area contributed by atoms with Gasteiger partial charge in [0.15, 0.2) is 23.7 Å². The molecule has 4 rings (SSSR count). The number of amides is 3. The van der Waals surface area contributed by atoms with E-state index >= 15 is 0 Å². The third-order valence-electron chi connectivity index (χ3n) is 5.98. The number of hydrogen-bond donors (Lipinski definition) is 5. The Morgan fingerprint density at radius 1 is 1.38 bits per heavy atom. The van der Waals surface area contributed by atoms with E-state index in [9.17, 15) is 34.2 Å². The summed E-state index contributed by atoms with van der Waals surface area (Å²) >= 11 is 2.01. The van der Waals surface area contributed by atoms with Gasteiger partial charge in [-0.05, 0) is 13.8 Å². The molecule has 0 bridgehead atoms. The lowest BCUT2D eigenvalue weighted by atomic mass is 10.0. The Hall–Kier alpha value is -4.52. The number of carboxylic acid groups (broad SMARTS) is 2. The van der Waals surface area contributed by atoms with Crippen molar-refractivity contribution < 1.29 is 43.7 Å². The lowest BCUT2D eigenvalue weighted by Crippen LogP contribution is -2.71. The summed E-state index contributed by atoms with van der Waals surface area (Å²) in [6.45, 7) is 2.56. The molecule has 1 fully saturated rings. The highest BCUT2D eigenvalue weighted by Gasteiger charge is 2.55. The summed E-state index contributed by atoms with van der Waals surface area (Å²) in [6, 6.07) is 0.521. The van der Waals surface area contributed by atoms with Gasteiger partial charge in [0.2, 0.25) is 23.5 Å². The molecule has 2 atom stereocenters. The average molecular weight is 595 g/mol. The van der Waals surface area contributed by atoms with Gasteiger partial charge in [-0.3, -0.25) is 19.3 Å². The minimum atomic E-state index is -1.80. The van der Waals surface area contributed by atoms with Crippen molar-refractivity contribution in [3.8, 4) is 0 Å². The van der Waals surface area contributed by atoms with E-state index in [-0.39, 0.29) is 29.0 Å². The van der Waals surface area contributed by atoms with Crippen LogP contribution in [-0.2, 0) is 42.4 Å². The summed E-state index contributed by atoms with van der Waals surface area (Å²) in [5.74, 6) is -3.79. The Bertz CT molecular complexity index is 1460. The van der Waals surface area contributed by atoms with Crippen LogP contribution < -0.4 is 21.0 Å². The number of oxime groups is 1. The van der Waals surface area contributed by atoms with E-state index in [1.165, 1.54) is 25.6 Å². The topological polar surface area (TPSA) is 235 Å². The Morgan fingerprint density at radius 3 is 2.70 bits per heavy atom. The van der Waals surface area contributed by atoms with Gasteiger partial charge in [-0.1, -0.05) is 5.16 Å². The summed E-state index contributed by atoms with van der Waals surface area (Å²) in [7, 11) is 1.68. The molecule has 2 aromatic rings. The van der Waals surface area contributed by atoms with Gasteiger partial charge in [0.1, 0.15) is 17.1 Å². The molecule has 40 heavy (non-hydrogen) atoms. The van der Waals surface area contributed by atoms with Crippen LogP contribution >= 0.6 is 23.3 Å². The summed E-state index contributed by atoms with van der Waals surface area (Å²) in [6.07, 6.45) is 2.18. The lowest BCUT2D eigenvalue weighted by molar-refractivity contribution is -0.765. The Kier molecular flexibility index (Phi) is 7.78. The molecular formula is C21H24N9O8S2+. The van der Waals surface area contributed by atoms with Crippen LogP contribution in [0.4, 0.5) is 10.9 Å². The monoisotopic (exact) mass is 594 g/mol. The molecule has 0 aliphatic carbocycles. The van der Waals surface area contributed by atoms with Gasteiger partial charge in [0.05, 0.1) is 13.1 Å². The van der Waals surface area contributed by atoms with Crippen molar-refractivity contribution in [2.45, 2.75) is 37.4 Å². The number of nitrogens with zero attached hydrogens (tertiary/aromatic N) is 6. The maximum atomic E-state index is 13.1. The second-order valence-corrected chi connectivity index (χ2v) is 10.9. The van der Waals surface area contributed by atoms with Crippen LogP contribution in [0.2, 0.25) is 0 Å². The predicted molar refractivity (Wildman–Crippen MR) is 139 cm³/mol.